The quantitative estimate of drug-likeness (QED) is 0.172. The molecule has 4 heterocycles. The van der Waals surface area contributed by atoms with E-state index in [1.54, 1.807) is 0 Å². The number of likely N-dealkylation sites (N-methyl/N-ethyl adjacent to an activating group) is 2. The number of rotatable bonds is 15. The Hall–Kier alpha value is -0.780. The molecule has 4 rings (SSSR count). The smallest absolute Gasteiger partial charge is 0.138 e. The van der Waals surface area contributed by atoms with Crippen LogP contribution in [0.1, 0.15) is 75.6 Å². The molecule has 0 radical (unpaired) electrons. The van der Waals surface area contributed by atoms with Gasteiger partial charge in [-0.2, -0.15) is 17.5 Å². The minimum absolute atomic E-state index is 0.997. The maximum absolute atomic E-state index is 4.59. The number of thioether (sulfide) groups is 2. The van der Waals surface area contributed by atoms with Gasteiger partial charge in [-0.3, -0.25) is 0 Å². The maximum atomic E-state index is 4.59. The zero-order valence-corrected chi connectivity index (χ0v) is 25.1. The summed E-state index contributed by atoms with van der Waals surface area (Å²) in [6.07, 6.45) is 17.6. The van der Waals surface area contributed by atoms with Crippen LogP contribution in [0.4, 0.5) is 0 Å². The summed E-state index contributed by atoms with van der Waals surface area (Å²) in [5, 5.41) is 2.28. The van der Waals surface area contributed by atoms with E-state index in [0.717, 1.165) is 72.0 Å². The number of nitrogens with zero attached hydrogens (tertiary/aromatic N) is 6. The summed E-state index contributed by atoms with van der Waals surface area (Å²) in [5.41, 5.74) is 4.99. The molecule has 0 N–H and O–H groups in total. The molecular weight excluding hydrogens is 525 g/mol. The number of hydrogen-bond donors (Lipinski definition) is 0. The highest BCUT2D eigenvalue weighted by atomic mass is 32.2. The first-order valence-corrected chi connectivity index (χ1v) is 16.8. The van der Waals surface area contributed by atoms with Gasteiger partial charge in [0.25, 0.3) is 0 Å². The van der Waals surface area contributed by atoms with E-state index in [9.17, 15) is 0 Å². The van der Waals surface area contributed by atoms with Crippen molar-refractivity contribution in [1.29, 1.82) is 0 Å². The third-order valence-electron chi connectivity index (χ3n) is 6.73. The molecule has 2 aromatic rings. The summed E-state index contributed by atoms with van der Waals surface area (Å²) in [7, 11) is 4.37. The summed E-state index contributed by atoms with van der Waals surface area (Å²) < 4.78 is 18.3. The highest BCUT2D eigenvalue weighted by Gasteiger charge is 2.18. The van der Waals surface area contributed by atoms with Gasteiger partial charge in [-0.05, 0) is 62.4 Å². The summed E-state index contributed by atoms with van der Waals surface area (Å²) in [6.45, 7) is 4.28. The topological polar surface area (TPSA) is 58.0 Å². The van der Waals surface area contributed by atoms with E-state index < -0.39 is 0 Å². The van der Waals surface area contributed by atoms with Crippen molar-refractivity contribution in [3.05, 3.63) is 23.5 Å². The summed E-state index contributed by atoms with van der Waals surface area (Å²) in [6, 6.07) is 0. The molecule has 0 saturated carbocycles. The molecule has 0 bridgehead atoms. The van der Waals surface area contributed by atoms with Crippen LogP contribution >= 0.6 is 47.0 Å². The lowest BCUT2D eigenvalue weighted by molar-refractivity contribution is 0.372. The zero-order valence-electron chi connectivity index (χ0n) is 21.8. The van der Waals surface area contributed by atoms with E-state index in [4.69, 9.17) is 0 Å². The van der Waals surface area contributed by atoms with Gasteiger partial charge in [0.15, 0.2) is 0 Å². The van der Waals surface area contributed by atoms with Gasteiger partial charge >= 0.3 is 0 Å². The molecule has 0 amide bonds. The molecule has 2 aliphatic heterocycles. The van der Waals surface area contributed by atoms with E-state index in [-0.39, 0.29) is 0 Å². The lowest BCUT2D eigenvalue weighted by atomic mass is 10.1. The summed E-state index contributed by atoms with van der Waals surface area (Å²) in [5.74, 6) is 2.30. The van der Waals surface area contributed by atoms with Crippen LogP contribution in [0.15, 0.2) is 22.2 Å². The molecule has 0 saturated heterocycles. The number of hydrogen-bond acceptors (Lipinski definition) is 10. The van der Waals surface area contributed by atoms with Gasteiger partial charge in [0.2, 0.25) is 0 Å². The molecule has 0 aliphatic carbocycles. The molecule has 0 unspecified atom stereocenters. The summed E-state index contributed by atoms with van der Waals surface area (Å²) >= 11 is 6.51. The van der Waals surface area contributed by atoms with Crippen molar-refractivity contribution in [3.8, 4) is 0 Å². The molecule has 0 fully saturated rings. The number of unbranched alkanes of at least 4 members (excludes halogenated alkanes) is 7. The molecule has 198 valence electrons. The SMILES string of the molecule is CN1CCC=C(c2nsnc2SCCCCCCCCCCSc2nsnc2C2=CCCN(C)C2)C1. The Kier molecular flexibility index (Phi) is 12.2. The van der Waals surface area contributed by atoms with Crippen LogP contribution in [-0.2, 0) is 0 Å². The average molecular weight is 565 g/mol. The van der Waals surface area contributed by atoms with Gasteiger partial charge in [-0.15, -0.1) is 23.5 Å². The Bertz CT molecular complexity index is 906. The second-order valence-corrected chi connectivity index (χ2v) is 13.1. The lowest BCUT2D eigenvalue weighted by Crippen LogP contribution is -2.25. The maximum Gasteiger partial charge on any atom is 0.138 e. The normalized spacial score (nSPS) is 17.4. The highest BCUT2D eigenvalue weighted by molar-refractivity contribution is 7.99. The first-order chi connectivity index (χ1) is 17.7. The Morgan fingerprint density at radius 3 is 1.47 bits per heavy atom. The molecule has 2 aliphatic rings. The van der Waals surface area contributed by atoms with Gasteiger partial charge in [0, 0.05) is 26.2 Å². The van der Waals surface area contributed by atoms with E-state index in [1.807, 2.05) is 23.5 Å². The van der Waals surface area contributed by atoms with Crippen molar-refractivity contribution < 1.29 is 0 Å². The Morgan fingerprint density at radius 2 is 1.06 bits per heavy atom. The molecular formula is C26H40N6S4. The predicted molar refractivity (Wildman–Crippen MR) is 158 cm³/mol. The monoisotopic (exact) mass is 564 g/mol. The highest BCUT2D eigenvalue weighted by Crippen LogP contribution is 2.31. The van der Waals surface area contributed by atoms with Crippen molar-refractivity contribution in [3.63, 3.8) is 0 Å². The van der Waals surface area contributed by atoms with Crippen molar-refractivity contribution in [2.24, 2.45) is 0 Å². The molecule has 0 atom stereocenters. The molecule has 6 nitrogen and oxygen atoms in total. The van der Waals surface area contributed by atoms with Gasteiger partial charge in [-0.1, -0.05) is 50.7 Å². The minimum atomic E-state index is 0.997. The van der Waals surface area contributed by atoms with Crippen molar-refractivity contribution >= 4 is 58.1 Å². The van der Waals surface area contributed by atoms with Gasteiger partial charge in [0.1, 0.15) is 21.4 Å². The zero-order chi connectivity index (χ0) is 25.0. The van der Waals surface area contributed by atoms with Crippen LogP contribution in [0.2, 0.25) is 0 Å². The molecule has 0 aromatic carbocycles. The van der Waals surface area contributed by atoms with Crippen LogP contribution < -0.4 is 0 Å². The summed E-state index contributed by atoms with van der Waals surface area (Å²) in [4.78, 5) is 4.73. The third-order valence-corrected chi connectivity index (χ3v) is 10.1. The fourth-order valence-electron chi connectivity index (χ4n) is 4.68. The van der Waals surface area contributed by atoms with Crippen LogP contribution in [0, 0.1) is 0 Å². The van der Waals surface area contributed by atoms with Crippen LogP contribution in [-0.4, -0.2) is 79.1 Å². The second-order valence-electron chi connectivity index (χ2n) is 9.87. The van der Waals surface area contributed by atoms with E-state index >= 15 is 0 Å². The Balaban J connectivity index is 1.00. The molecule has 0 spiro atoms. The fraction of sp³-hybridized carbons (Fsp3) is 0.692. The van der Waals surface area contributed by atoms with Crippen molar-refractivity contribution in [1.82, 2.24) is 27.3 Å². The first kappa shape index (κ1) is 28.2. The largest absolute Gasteiger partial charge is 0.302 e. The average Bonchev–Trinajstić information content (AvgIpc) is 3.54. The first-order valence-electron chi connectivity index (χ1n) is 13.4. The standard InChI is InChI=1S/C26H40N6S4/c1-31-15-11-13-21(19-31)23-25(29-35-27-23)33-17-9-7-5-3-4-6-8-10-18-34-26-24(28-36-30-26)22-14-12-16-32(2)20-22/h13-14H,3-12,15-20H2,1-2H3. The van der Waals surface area contributed by atoms with Crippen LogP contribution in [0.3, 0.4) is 0 Å². The van der Waals surface area contributed by atoms with Crippen molar-refractivity contribution in [2.75, 3.05) is 51.8 Å². The van der Waals surface area contributed by atoms with Gasteiger partial charge < -0.3 is 9.80 Å². The molecule has 10 heteroatoms. The fourth-order valence-corrected chi connectivity index (χ4v) is 8.10. The number of aromatic nitrogens is 4. The van der Waals surface area contributed by atoms with E-state index in [2.05, 4.69) is 53.5 Å². The van der Waals surface area contributed by atoms with Crippen LogP contribution in [0.5, 0.6) is 0 Å². The van der Waals surface area contributed by atoms with Gasteiger partial charge in [0.05, 0.1) is 23.5 Å². The lowest BCUT2D eigenvalue weighted by Gasteiger charge is -2.22. The van der Waals surface area contributed by atoms with Crippen LogP contribution in [0.25, 0.3) is 11.1 Å². The Labute approximate surface area is 234 Å². The molecule has 2 aromatic heterocycles. The van der Waals surface area contributed by atoms with Gasteiger partial charge in [-0.25, -0.2) is 0 Å². The van der Waals surface area contributed by atoms with E-state index in [0.29, 0.717) is 0 Å². The Morgan fingerprint density at radius 1 is 0.639 bits per heavy atom. The molecule has 36 heavy (non-hydrogen) atoms. The second kappa shape index (κ2) is 15.6. The predicted octanol–water partition coefficient (Wildman–Crippen LogP) is 6.83. The van der Waals surface area contributed by atoms with E-state index in [1.165, 1.54) is 86.0 Å². The third kappa shape index (κ3) is 8.91. The minimum Gasteiger partial charge on any atom is -0.302 e. The van der Waals surface area contributed by atoms with Crippen molar-refractivity contribution in [2.45, 2.75) is 74.3 Å².